The Balaban J connectivity index is 1.64. The van der Waals surface area contributed by atoms with E-state index in [9.17, 15) is 4.79 Å². The van der Waals surface area contributed by atoms with Crippen LogP contribution in [0, 0.1) is 6.92 Å². The van der Waals surface area contributed by atoms with Crippen molar-refractivity contribution in [1.29, 1.82) is 0 Å². The summed E-state index contributed by atoms with van der Waals surface area (Å²) in [6.07, 6.45) is 0. The van der Waals surface area contributed by atoms with Crippen LogP contribution in [0.5, 0.6) is 0 Å². The molecule has 0 aliphatic heterocycles. The van der Waals surface area contributed by atoms with Crippen LogP contribution in [-0.4, -0.2) is 10.9 Å². The maximum atomic E-state index is 11.9. The van der Waals surface area contributed by atoms with E-state index in [1.807, 2.05) is 42.6 Å². The Labute approximate surface area is 126 Å². The highest BCUT2D eigenvalue weighted by Gasteiger charge is 2.10. The van der Waals surface area contributed by atoms with Crippen LogP contribution >= 0.6 is 11.3 Å². The van der Waals surface area contributed by atoms with Crippen molar-refractivity contribution in [1.82, 2.24) is 10.3 Å². The lowest BCUT2D eigenvalue weighted by Gasteiger charge is -2.00. The summed E-state index contributed by atoms with van der Waals surface area (Å²) in [5.74, 6) is 0.823. The van der Waals surface area contributed by atoms with Crippen LogP contribution in [-0.2, 0) is 6.54 Å². The predicted molar refractivity (Wildman–Crippen MR) is 82.2 cm³/mol. The number of nitrogens with zero attached hydrogens (tertiary/aromatic N) is 1. The van der Waals surface area contributed by atoms with Gasteiger partial charge in [0.2, 0.25) is 0 Å². The van der Waals surface area contributed by atoms with E-state index in [2.05, 4.69) is 10.3 Å². The van der Waals surface area contributed by atoms with E-state index in [4.69, 9.17) is 4.42 Å². The lowest BCUT2D eigenvalue weighted by atomic mass is 10.2. The molecule has 3 rings (SSSR count). The number of nitrogens with one attached hydrogen (secondary N) is 1. The summed E-state index contributed by atoms with van der Waals surface area (Å²) in [5, 5.41) is 5.71. The molecule has 0 aliphatic rings. The van der Waals surface area contributed by atoms with Crippen LogP contribution in [0.2, 0.25) is 0 Å². The molecule has 0 saturated heterocycles. The van der Waals surface area contributed by atoms with E-state index in [1.165, 1.54) is 0 Å². The summed E-state index contributed by atoms with van der Waals surface area (Å²) in [6.45, 7) is 2.20. The number of carbonyl (C=O) groups is 1. The fourth-order valence-corrected chi connectivity index (χ4v) is 2.74. The number of aryl methyl sites for hydroxylation is 1. The van der Waals surface area contributed by atoms with Crippen molar-refractivity contribution in [3.63, 3.8) is 0 Å². The first-order valence-corrected chi connectivity index (χ1v) is 7.45. The molecule has 5 heteroatoms. The number of carbonyl (C=O) groups excluding carboxylic acids is 1. The van der Waals surface area contributed by atoms with Gasteiger partial charge in [0.05, 0.1) is 12.2 Å². The van der Waals surface area contributed by atoms with E-state index in [-0.39, 0.29) is 5.91 Å². The maximum absolute atomic E-state index is 11.9. The van der Waals surface area contributed by atoms with Gasteiger partial charge in [-0.3, -0.25) is 4.79 Å². The first kappa shape index (κ1) is 13.6. The number of hydrogen-bond donors (Lipinski definition) is 1. The highest BCUT2D eigenvalue weighted by Crippen LogP contribution is 2.23. The third-order valence-electron chi connectivity index (χ3n) is 2.97. The Morgan fingerprint density at radius 2 is 2.05 bits per heavy atom. The molecule has 2 aromatic heterocycles. The number of aromatic nitrogens is 1. The molecule has 2 heterocycles. The molecule has 0 bridgehead atoms. The molecule has 1 N–H and O–H groups in total. The SMILES string of the molecule is Cc1ccc(C(=O)NCc2csc(-c3ccccc3)n2)o1. The van der Waals surface area contributed by atoms with Gasteiger partial charge in [0, 0.05) is 10.9 Å². The Morgan fingerprint density at radius 1 is 1.24 bits per heavy atom. The standard InChI is InChI=1S/C16H14N2O2S/c1-11-7-8-14(20-11)15(19)17-9-13-10-21-16(18-13)12-5-3-2-4-6-12/h2-8,10H,9H2,1H3,(H,17,19). The Bertz CT molecular complexity index is 746. The van der Waals surface area contributed by atoms with Crippen molar-refractivity contribution in [2.75, 3.05) is 0 Å². The topological polar surface area (TPSA) is 55.1 Å². The van der Waals surface area contributed by atoms with Gasteiger partial charge in [0.1, 0.15) is 10.8 Å². The quantitative estimate of drug-likeness (QED) is 0.800. The van der Waals surface area contributed by atoms with Gasteiger partial charge in [-0.25, -0.2) is 4.98 Å². The summed E-state index contributed by atoms with van der Waals surface area (Å²) < 4.78 is 5.28. The average molecular weight is 298 g/mol. The third kappa shape index (κ3) is 3.20. The average Bonchev–Trinajstić information content (AvgIpc) is 3.15. The van der Waals surface area contributed by atoms with Crippen LogP contribution in [0.4, 0.5) is 0 Å². The van der Waals surface area contributed by atoms with Crippen molar-refractivity contribution in [2.45, 2.75) is 13.5 Å². The zero-order chi connectivity index (χ0) is 14.7. The number of benzene rings is 1. The molecule has 0 fully saturated rings. The van der Waals surface area contributed by atoms with E-state index >= 15 is 0 Å². The molecule has 0 atom stereocenters. The van der Waals surface area contributed by atoms with Gasteiger partial charge in [-0.05, 0) is 19.1 Å². The molecule has 21 heavy (non-hydrogen) atoms. The molecule has 0 saturated carbocycles. The van der Waals surface area contributed by atoms with Crippen LogP contribution in [0.15, 0.2) is 52.3 Å². The zero-order valence-electron chi connectivity index (χ0n) is 11.5. The third-order valence-corrected chi connectivity index (χ3v) is 3.91. The van der Waals surface area contributed by atoms with E-state index in [0.717, 1.165) is 22.0 Å². The summed E-state index contributed by atoms with van der Waals surface area (Å²) in [6, 6.07) is 13.4. The van der Waals surface area contributed by atoms with Crippen molar-refractivity contribution in [3.8, 4) is 10.6 Å². The molecular formula is C16H14N2O2S. The fourth-order valence-electron chi connectivity index (χ4n) is 1.92. The van der Waals surface area contributed by atoms with Crippen molar-refractivity contribution in [2.24, 2.45) is 0 Å². The molecule has 106 valence electrons. The van der Waals surface area contributed by atoms with Crippen molar-refractivity contribution in [3.05, 3.63) is 65.1 Å². The van der Waals surface area contributed by atoms with E-state index in [0.29, 0.717) is 12.3 Å². The molecule has 0 spiro atoms. The molecule has 3 aromatic rings. The minimum absolute atomic E-state index is 0.225. The van der Waals surface area contributed by atoms with E-state index in [1.54, 1.807) is 23.5 Å². The number of thiazole rings is 1. The highest BCUT2D eigenvalue weighted by atomic mass is 32.1. The highest BCUT2D eigenvalue weighted by molar-refractivity contribution is 7.13. The van der Waals surface area contributed by atoms with Crippen LogP contribution < -0.4 is 5.32 Å². The van der Waals surface area contributed by atoms with E-state index < -0.39 is 0 Å². The van der Waals surface area contributed by atoms with Crippen LogP contribution in [0.1, 0.15) is 22.0 Å². The molecule has 1 aromatic carbocycles. The molecule has 0 radical (unpaired) electrons. The Kier molecular flexibility index (Phi) is 3.83. The van der Waals surface area contributed by atoms with Gasteiger partial charge in [0.25, 0.3) is 5.91 Å². The van der Waals surface area contributed by atoms with Gasteiger partial charge in [-0.15, -0.1) is 11.3 Å². The Morgan fingerprint density at radius 3 is 2.76 bits per heavy atom. The smallest absolute Gasteiger partial charge is 0.287 e. The second-order valence-corrected chi connectivity index (χ2v) is 5.46. The second-order valence-electron chi connectivity index (χ2n) is 4.60. The molecule has 4 nitrogen and oxygen atoms in total. The summed E-state index contributed by atoms with van der Waals surface area (Å²) in [7, 11) is 0. The van der Waals surface area contributed by atoms with Gasteiger partial charge in [0.15, 0.2) is 5.76 Å². The lowest BCUT2D eigenvalue weighted by Crippen LogP contribution is -2.22. The first-order chi connectivity index (χ1) is 10.2. The van der Waals surface area contributed by atoms with Crippen LogP contribution in [0.25, 0.3) is 10.6 Å². The number of furan rings is 1. The maximum Gasteiger partial charge on any atom is 0.287 e. The van der Waals surface area contributed by atoms with Gasteiger partial charge >= 0.3 is 0 Å². The van der Waals surface area contributed by atoms with Gasteiger partial charge in [-0.1, -0.05) is 30.3 Å². The van der Waals surface area contributed by atoms with Gasteiger partial charge < -0.3 is 9.73 Å². The number of hydrogen-bond acceptors (Lipinski definition) is 4. The van der Waals surface area contributed by atoms with Crippen molar-refractivity contribution < 1.29 is 9.21 Å². The second kappa shape index (κ2) is 5.93. The summed E-state index contributed by atoms with van der Waals surface area (Å²) in [4.78, 5) is 16.4. The molecule has 1 amide bonds. The number of amides is 1. The summed E-state index contributed by atoms with van der Waals surface area (Å²) in [5.41, 5.74) is 1.93. The fraction of sp³-hybridized carbons (Fsp3) is 0.125. The number of rotatable bonds is 4. The van der Waals surface area contributed by atoms with Crippen molar-refractivity contribution >= 4 is 17.2 Å². The Hall–Kier alpha value is -2.40. The first-order valence-electron chi connectivity index (χ1n) is 6.57. The van der Waals surface area contributed by atoms with Crippen LogP contribution in [0.3, 0.4) is 0 Å². The van der Waals surface area contributed by atoms with Gasteiger partial charge in [-0.2, -0.15) is 0 Å². The predicted octanol–water partition coefficient (Wildman–Crippen LogP) is 3.64. The largest absolute Gasteiger partial charge is 0.456 e. The lowest BCUT2D eigenvalue weighted by molar-refractivity contribution is 0.0921. The molecule has 0 unspecified atom stereocenters. The minimum Gasteiger partial charge on any atom is -0.456 e. The monoisotopic (exact) mass is 298 g/mol. The zero-order valence-corrected chi connectivity index (χ0v) is 12.3. The molecule has 0 aliphatic carbocycles. The summed E-state index contributed by atoms with van der Waals surface area (Å²) >= 11 is 1.57. The normalized spacial score (nSPS) is 10.5. The molecular weight excluding hydrogens is 284 g/mol. The minimum atomic E-state index is -0.225.